The highest BCUT2D eigenvalue weighted by Gasteiger charge is 2.12. The van der Waals surface area contributed by atoms with Crippen molar-refractivity contribution in [1.29, 1.82) is 0 Å². The van der Waals surface area contributed by atoms with Crippen LogP contribution in [0.1, 0.15) is 51.4 Å². The second-order valence-electron chi connectivity index (χ2n) is 4.07. The molecule has 0 aromatic carbocycles. The van der Waals surface area contributed by atoms with E-state index in [2.05, 4.69) is 5.32 Å². The summed E-state index contributed by atoms with van der Waals surface area (Å²) < 4.78 is 0. The van der Waals surface area contributed by atoms with E-state index in [1.807, 2.05) is 0 Å². The van der Waals surface area contributed by atoms with Crippen LogP contribution in [0.3, 0.4) is 0 Å². The van der Waals surface area contributed by atoms with Crippen LogP contribution in [0.2, 0.25) is 0 Å². The molecular weight excluding hydrogens is 162 g/mol. The highest BCUT2D eigenvalue weighted by Crippen LogP contribution is 2.17. The Hall–Kier alpha value is -0.0800. The standard InChI is InChI=1S/C11H23NO/c13-10-6-2-1-5-9-12-11-7-3-4-8-11/h11-13H,1-10H2. The minimum Gasteiger partial charge on any atom is -0.396 e. The average molecular weight is 185 g/mol. The molecule has 0 unspecified atom stereocenters. The van der Waals surface area contributed by atoms with Crippen molar-refractivity contribution < 1.29 is 5.11 Å². The van der Waals surface area contributed by atoms with Crippen LogP contribution in [0, 0.1) is 0 Å². The molecule has 0 bridgehead atoms. The van der Waals surface area contributed by atoms with E-state index in [9.17, 15) is 0 Å². The fourth-order valence-corrected chi connectivity index (χ4v) is 2.03. The van der Waals surface area contributed by atoms with Crippen molar-refractivity contribution >= 4 is 0 Å². The van der Waals surface area contributed by atoms with Gasteiger partial charge in [0.05, 0.1) is 0 Å². The van der Waals surface area contributed by atoms with Crippen LogP contribution in [0.5, 0.6) is 0 Å². The number of rotatable bonds is 7. The smallest absolute Gasteiger partial charge is 0.0431 e. The van der Waals surface area contributed by atoms with E-state index in [1.165, 1.54) is 51.5 Å². The zero-order valence-electron chi connectivity index (χ0n) is 8.60. The average Bonchev–Trinajstić information content (AvgIpc) is 2.63. The predicted molar refractivity (Wildman–Crippen MR) is 55.8 cm³/mol. The quantitative estimate of drug-likeness (QED) is 0.595. The van der Waals surface area contributed by atoms with Crippen LogP contribution in [-0.4, -0.2) is 24.3 Å². The van der Waals surface area contributed by atoms with Gasteiger partial charge in [0, 0.05) is 12.6 Å². The second-order valence-corrected chi connectivity index (χ2v) is 4.07. The number of nitrogens with one attached hydrogen (secondary N) is 1. The van der Waals surface area contributed by atoms with Gasteiger partial charge in [-0.25, -0.2) is 0 Å². The minimum atomic E-state index is 0.357. The third-order valence-electron chi connectivity index (χ3n) is 2.87. The van der Waals surface area contributed by atoms with Gasteiger partial charge in [-0.1, -0.05) is 25.7 Å². The Morgan fingerprint density at radius 3 is 2.38 bits per heavy atom. The summed E-state index contributed by atoms with van der Waals surface area (Å²) in [6.07, 6.45) is 10.3. The topological polar surface area (TPSA) is 32.3 Å². The summed E-state index contributed by atoms with van der Waals surface area (Å²) in [5, 5.41) is 12.2. The molecular formula is C11H23NO. The lowest BCUT2D eigenvalue weighted by molar-refractivity contribution is 0.282. The second kappa shape index (κ2) is 7.34. The van der Waals surface area contributed by atoms with Crippen LogP contribution in [0.25, 0.3) is 0 Å². The first-order valence-corrected chi connectivity index (χ1v) is 5.77. The van der Waals surface area contributed by atoms with Crippen molar-refractivity contribution in [3.63, 3.8) is 0 Å². The van der Waals surface area contributed by atoms with E-state index in [4.69, 9.17) is 5.11 Å². The summed E-state index contributed by atoms with van der Waals surface area (Å²) in [6.45, 7) is 1.53. The van der Waals surface area contributed by atoms with E-state index < -0.39 is 0 Å². The van der Waals surface area contributed by atoms with Crippen molar-refractivity contribution in [3.05, 3.63) is 0 Å². The molecule has 1 fully saturated rings. The molecule has 2 heteroatoms. The minimum absolute atomic E-state index is 0.357. The van der Waals surface area contributed by atoms with Gasteiger partial charge in [-0.2, -0.15) is 0 Å². The number of aliphatic hydroxyl groups excluding tert-OH is 1. The SMILES string of the molecule is OCCCCCCNC1CCCC1. The molecule has 13 heavy (non-hydrogen) atoms. The Balaban J connectivity index is 1.78. The van der Waals surface area contributed by atoms with Crippen LogP contribution >= 0.6 is 0 Å². The van der Waals surface area contributed by atoms with Crippen LogP contribution < -0.4 is 5.32 Å². The first kappa shape index (κ1) is 11.0. The Morgan fingerprint density at radius 1 is 1.00 bits per heavy atom. The fourth-order valence-electron chi connectivity index (χ4n) is 2.03. The molecule has 0 aromatic heterocycles. The molecule has 0 amide bonds. The van der Waals surface area contributed by atoms with Crippen LogP contribution in [0.15, 0.2) is 0 Å². The molecule has 1 saturated carbocycles. The molecule has 0 radical (unpaired) electrons. The van der Waals surface area contributed by atoms with Gasteiger partial charge in [0.2, 0.25) is 0 Å². The van der Waals surface area contributed by atoms with Crippen molar-refractivity contribution in [3.8, 4) is 0 Å². The summed E-state index contributed by atoms with van der Waals surface area (Å²) in [5.41, 5.74) is 0. The molecule has 1 aliphatic rings. The first-order chi connectivity index (χ1) is 6.43. The summed E-state index contributed by atoms with van der Waals surface area (Å²) in [4.78, 5) is 0. The van der Waals surface area contributed by atoms with Crippen molar-refractivity contribution in [2.45, 2.75) is 57.4 Å². The molecule has 78 valence electrons. The molecule has 0 heterocycles. The summed E-state index contributed by atoms with van der Waals surface area (Å²) >= 11 is 0. The molecule has 1 rings (SSSR count). The van der Waals surface area contributed by atoms with Gasteiger partial charge in [-0.05, 0) is 32.2 Å². The van der Waals surface area contributed by atoms with E-state index in [1.54, 1.807) is 0 Å². The molecule has 0 spiro atoms. The predicted octanol–water partition coefficient (Wildman–Crippen LogP) is 2.07. The Morgan fingerprint density at radius 2 is 1.69 bits per heavy atom. The first-order valence-electron chi connectivity index (χ1n) is 5.77. The van der Waals surface area contributed by atoms with Gasteiger partial charge in [0.1, 0.15) is 0 Å². The van der Waals surface area contributed by atoms with Crippen molar-refractivity contribution in [2.75, 3.05) is 13.2 Å². The molecule has 0 aromatic rings. The monoisotopic (exact) mass is 185 g/mol. The zero-order chi connectivity index (χ0) is 9.36. The van der Waals surface area contributed by atoms with Gasteiger partial charge >= 0.3 is 0 Å². The van der Waals surface area contributed by atoms with Gasteiger partial charge in [-0.15, -0.1) is 0 Å². The maximum atomic E-state index is 8.58. The Labute approximate surface area is 81.7 Å². The molecule has 1 aliphatic carbocycles. The normalized spacial score (nSPS) is 18.2. The molecule has 0 saturated heterocycles. The third kappa shape index (κ3) is 5.27. The molecule has 0 atom stereocenters. The summed E-state index contributed by atoms with van der Waals surface area (Å²) in [6, 6.07) is 0.817. The molecule has 2 N–H and O–H groups in total. The zero-order valence-corrected chi connectivity index (χ0v) is 8.60. The van der Waals surface area contributed by atoms with Gasteiger partial charge in [0.25, 0.3) is 0 Å². The summed E-state index contributed by atoms with van der Waals surface area (Å²) in [5.74, 6) is 0. The largest absolute Gasteiger partial charge is 0.396 e. The van der Waals surface area contributed by atoms with E-state index in [0.717, 1.165) is 12.5 Å². The van der Waals surface area contributed by atoms with E-state index >= 15 is 0 Å². The molecule has 2 nitrogen and oxygen atoms in total. The maximum absolute atomic E-state index is 8.58. The third-order valence-corrected chi connectivity index (χ3v) is 2.87. The van der Waals surface area contributed by atoms with Gasteiger partial charge in [0.15, 0.2) is 0 Å². The number of unbranched alkanes of at least 4 members (excludes halogenated alkanes) is 3. The number of hydrogen-bond donors (Lipinski definition) is 2. The fraction of sp³-hybridized carbons (Fsp3) is 1.00. The van der Waals surface area contributed by atoms with Crippen molar-refractivity contribution in [1.82, 2.24) is 5.32 Å². The highest BCUT2D eigenvalue weighted by atomic mass is 16.2. The van der Waals surface area contributed by atoms with E-state index in [0.29, 0.717) is 6.61 Å². The number of aliphatic hydroxyl groups is 1. The van der Waals surface area contributed by atoms with Crippen LogP contribution in [-0.2, 0) is 0 Å². The lowest BCUT2D eigenvalue weighted by atomic mass is 10.2. The lowest BCUT2D eigenvalue weighted by Crippen LogP contribution is -2.26. The highest BCUT2D eigenvalue weighted by molar-refractivity contribution is 4.73. The van der Waals surface area contributed by atoms with Crippen molar-refractivity contribution in [2.24, 2.45) is 0 Å². The maximum Gasteiger partial charge on any atom is 0.0431 e. The van der Waals surface area contributed by atoms with Gasteiger partial charge < -0.3 is 10.4 Å². The van der Waals surface area contributed by atoms with Gasteiger partial charge in [-0.3, -0.25) is 0 Å². The Kier molecular flexibility index (Phi) is 6.21. The lowest BCUT2D eigenvalue weighted by Gasteiger charge is -2.10. The van der Waals surface area contributed by atoms with E-state index in [-0.39, 0.29) is 0 Å². The number of hydrogen-bond acceptors (Lipinski definition) is 2. The summed E-state index contributed by atoms with van der Waals surface area (Å²) in [7, 11) is 0. The Bertz CT molecular complexity index is 111. The van der Waals surface area contributed by atoms with Crippen LogP contribution in [0.4, 0.5) is 0 Å². The molecule has 0 aliphatic heterocycles.